The van der Waals surface area contributed by atoms with Crippen molar-refractivity contribution < 1.29 is 19.8 Å². The molecule has 0 aromatic rings. The molecule has 5 N–H and O–H groups in total. The van der Waals surface area contributed by atoms with Crippen LogP contribution >= 0.6 is 0 Å². The fourth-order valence-corrected chi connectivity index (χ4v) is 11.6. The molecule has 3 unspecified atom stereocenters. The first kappa shape index (κ1) is 32.0. The van der Waals surface area contributed by atoms with Crippen LogP contribution in [0.5, 0.6) is 0 Å². The Kier molecular flexibility index (Phi) is 8.08. The number of unbranched alkanes of at least 4 members (excludes halogenated alkanes) is 1. The topological polar surface area (TPSA) is 113 Å². The summed E-state index contributed by atoms with van der Waals surface area (Å²) in [4.78, 5) is 25.2. The fraction of sp³-hybridized carbons (Fsp3) is 0.889. The molecule has 0 heterocycles. The fourth-order valence-electron chi connectivity index (χ4n) is 11.6. The number of aliphatic hydroxyl groups excluding tert-OH is 1. The van der Waals surface area contributed by atoms with Crippen molar-refractivity contribution in [1.82, 2.24) is 5.32 Å². The third-order valence-corrected chi connectivity index (χ3v) is 14.6. The highest BCUT2D eigenvalue weighted by atomic mass is 16.4. The summed E-state index contributed by atoms with van der Waals surface area (Å²) in [6, 6.07) is -0.828. The van der Waals surface area contributed by atoms with Gasteiger partial charge >= 0.3 is 5.97 Å². The van der Waals surface area contributed by atoms with Gasteiger partial charge in [-0.05, 0) is 128 Å². The smallest absolute Gasteiger partial charge is 0.320 e. The number of carbonyl (C=O) groups excluding carboxylic acids is 1. The number of carboxylic acid groups (broad SMARTS) is 1. The lowest BCUT2D eigenvalue weighted by Crippen LogP contribution is -2.65. The quantitative estimate of drug-likeness (QED) is 0.193. The van der Waals surface area contributed by atoms with Crippen molar-refractivity contribution in [1.29, 1.82) is 0 Å². The number of nitrogens with one attached hydrogen (secondary N) is 1. The molecule has 6 heteroatoms. The maximum Gasteiger partial charge on any atom is 0.320 e. The number of rotatable bonds is 7. The van der Waals surface area contributed by atoms with Crippen LogP contribution in [0, 0.1) is 50.2 Å². The van der Waals surface area contributed by atoms with Crippen LogP contribution < -0.4 is 11.1 Å². The van der Waals surface area contributed by atoms with Gasteiger partial charge in [-0.25, -0.2) is 0 Å². The number of fused-ring (bicyclic) bond motifs is 7. The van der Waals surface area contributed by atoms with Gasteiger partial charge in [-0.3, -0.25) is 9.59 Å². The standard InChI is InChI=1S/C36H60N2O4/c1-31(2)17-19-36(30(42)38-21-9-8-10-25(37)29(40)41)20-18-34(6)23(24(36)22-31)11-12-27-33(5)15-14-28(39)32(3,4)26(33)13-16-35(27,34)7/h11,24-28,39H,8-10,12-22,37H2,1-7H3,(H,38,42)(H,40,41)/t24?,25-,26?,27?,28-,33-,34+,35+,36-/m0/s1. The maximum absolute atomic E-state index is 14.2. The summed E-state index contributed by atoms with van der Waals surface area (Å²) in [7, 11) is 0. The van der Waals surface area contributed by atoms with Crippen LogP contribution in [0.4, 0.5) is 0 Å². The van der Waals surface area contributed by atoms with E-state index in [1.54, 1.807) is 5.57 Å². The van der Waals surface area contributed by atoms with Gasteiger partial charge in [-0.1, -0.05) is 60.1 Å². The number of hydrogen-bond donors (Lipinski definition) is 4. The molecule has 5 aliphatic carbocycles. The molecule has 0 aliphatic heterocycles. The Morgan fingerprint density at radius 1 is 0.952 bits per heavy atom. The minimum atomic E-state index is -0.959. The van der Waals surface area contributed by atoms with Gasteiger partial charge in [0.15, 0.2) is 0 Å². The third-order valence-electron chi connectivity index (χ3n) is 14.6. The van der Waals surface area contributed by atoms with Crippen LogP contribution in [-0.4, -0.2) is 40.8 Å². The van der Waals surface area contributed by atoms with E-state index in [0.717, 1.165) is 57.8 Å². The summed E-state index contributed by atoms with van der Waals surface area (Å²) in [6.07, 6.45) is 14.9. The highest BCUT2D eigenvalue weighted by Crippen LogP contribution is 2.75. The van der Waals surface area contributed by atoms with Crippen LogP contribution in [0.25, 0.3) is 0 Å². The van der Waals surface area contributed by atoms with Crippen LogP contribution in [0.15, 0.2) is 11.6 Å². The molecule has 5 rings (SSSR count). The zero-order valence-corrected chi connectivity index (χ0v) is 27.7. The highest BCUT2D eigenvalue weighted by molar-refractivity contribution is 5.84. The summed E-state index contributed by atoms with van der Waals surface area (Å²) in [5.74, 6) is 0.671. The van der Waals surface area contributed by atoms with Crippen LogP contribution in [0.3, 0.4) is 0 Å². The molecule has 0 saturated heterocycles. The number of carboxylic acids is 1. The number of allylic oxidation sites excluding steroid dienone is 2. The largest absolute Gasteiger partial charge is 0.480 e. The van der Waals surface area contributed by atoms with Gasteiger partial charge in [0.25, 0.3) is 0 Å². The Hall–Kier alpha value is -1.40. The average molecular weight is 585 g/mol. The van der Waals surface area contributed by atoms with E-state index < -0.39 is 12.0 Å². The summed E-state index contributed by atoms with van der Waals surface area (Å²) < 4.78 is 0. The van der Waals surface area contributed by atoms with Crippen molar-refractivity contribution in [2.45, 2.75) is 144 Å². The second-order valence-electron chi connectivity index (χ2n) is 17.4. The van der Waals surface area contributed by atoms with E-state index in [-0.39, 0.29) is 50.4 Å². The minimum absolute atomic E-state index is 0.0505. The van der Waals surface area contributed by atoms with E-state index in [0.29, 0.717) is 31.2 Å². The summed E-state index contributed by atoms with van der Waals surface area (Å²) in [6.45, 7) is 17.7. The predicted molar refractivity (Wildman–Crippen MR) is 168 cm³/mol. The third kappa shape index (κ3) is 4.71. The van der Waals surface area contributed by atoms with Gasteiger partial charge in [0.2, 0.25) is 5.91 Å². The Labute approximate surface area is 255 Å². The lowest BCUT2D eigenvalue weighted by atomic mass is 9.33. The molecule has 4 saturated carbocycles. The highest BCUT2D eigenvalue weighted by Gasteiger charge is 2.69. The molecule has 0 aromatic carbocycles. The van der Waals surface area contributed by atoms with Crippen molar-refractivity contribution in [2.75, 3.05) is 6.54 Å². The first-order valence-corrected chi connectivity index (χ1v) is 17.1. The number of nitrogens with two attached hydrogens (primary N) is 1. The normalized spacial score (nSPS) is 44.4. The monoisotopic (exact) mass is 584 g/mol. The molecule has 0 radical (unpaired) electrons. The maximum atomic E-state index is 14.2. The molecule has 42 heavy (non-hydrogen) atoms. The van der Waals surface area contributed by atoms with E-state index in [1.807, 2.05) is 0 Å². The lowest BCUT2D eigenvalue weighted by Gasteiger charge is -2.71. The molecule has 0 aromatic heterocycles. The molecule has 9 atom stereocenters. The second-order valence-corrected chi connectivity index (χ2v) is 17.4. The van der Waals surface area contributed by atoms with E-state index in [4.69, 9.17) is 10.8 Å². The van der Waals surface area contributed by atoms with Crippen LogP contribution in [0.1, 0.15) is 132 Å². The Balaban J connectivity index is 1.42. The molecular formula is C36H60N2O4. The number of aliphatic hydroxyl groups is 1. The predicted octanol–water partition coefficient (Wildman–Crippen LogP) is 6.85. The van der Waals surface area contributed by atoms with Crippen molar-refractivity contribution in [3.8, 4) is 0 Å². The molecule has 238 valence electrons. The van der Waals surface area contributed by atoms with Gasteiger partial charge in [-0.15, -0.1) is 0 Å². The molecule has 0 spiro atoms. The average Bonchev–Trinajstić information content (AvgIpc) is 2.90. The van der Waals surface area contributed by atoms with Crippen molar-refractivity contribution >= 4 is 11.9 Å². The van der Waals surface area contributed by atoms with E-state index >= 15 is 0 Å². The van der Waals surface area contributed by atoms with Crippen molar-refractivity contribution in [3.63, 3.8) is 0 Å². The number of hydrogen-bond acceptors (Lipinski definition) is 4. The number of aliphatic carboxylic acids is 1. The summed E-state index contributed by atoms with van der Waals surface area (Å²) in [5, 5.41) is 23.4. The lowest BCUT2D eigenvalue weighted by molar-refractivity contribution is -0.203. The van der Waals surface area contributed by atoms with E-state index in [9.17, 15) is 14.7 Å². The SMILES string of the molecule is CC1(C)CC[C@]2(C(=O)NCCCC[C@H](N)C(=O)O)CC[C@]3(C)C(=CCC4[C@@]5(C)CC[C@H](O)C(C)(C)C5CC[C@]43C)C2C1. The number of carbonyl (C=O) groups is 2. The molecule has 6 nitrogen and oxygen atoms in total. The molecule has 4 fully saturated rings. The van der Waals surface area contributed by atoms with E-state index in [2.05, 4.69) is 59.9 Å². The first-order valence-electron chi connectivity index (χ1n) is 17.1. The first-order chi connectivity index (χ1) is 19.4. The Bertz CT molecular complexity index is 1110. The molecule has 5 aliphatic rings. The second kappa shape index (κ2) is 10.6. The van der Waals surface area contributed by atoms with Crippen LogP contribution in [0.2, 0.25) is 0 Å². The summed E-state index contributed by atoms with van der Waals surface area (Å²) >= 11 is 0. The molecule has 1 amide bonds. The van der Waals surface area contributed by atoms with Gasteiger partial charge < -0.3 is 21.3 Å². The minimum Gasteiger partial charge on any atom is -0.480 e. The van der Waals surface area contributed by atoms with Gasteiger partial charge in [-0.2, -0.15) is 0 Å². The zero-order chi connectivity index (χ0) is 30.9. The number of amides is 1. The zero-order valence-electron chi connectivity index (χ0n) is 27.7. The van der Waals surface area contributed by atoms with Gasteiger partial charge in [0.1, 0.15) is 6.04 Å². The molecule has 0 bridgehead atoms. The van der Waals surface area contributed by atoms with Crippen molar-refractivity contribution in [3.05, 3.63) is 11.6 Å². The van der Waals surface area contributed by atoms with Gasteiger partial charge in [0.05, 0.1) is 11.5 Å². The van der Waals surface area contributed by atoms with Crippen molar-refractivity contribution in [2.24, 2.45) is 56.0 Å². The summed E-state index contributed by atoms with van der Waals surface area (Å²) in [5.41, 5.74) is 7.57. The van der Waals surface area contributed by atoms with E-state index in [1.165, 1.54) is 12.8 Å². The Morgan fingerprint density at radius 2 is 1.64 bits per heavy atom. The Morgan fingerprint density at radius 3 is 2.33 bits per heavy atom. The molecular weight excluding hydrogens is 524 g/mol. The van der Waals surface area contributed by atoms with Gasteiger partial charge in [0, 0.05) is 6.54 Å². The van der Waals surface area contributed by atoms with Crippen LogP contribution in [-0.2, 0) is 9.59 Å².